The van der Waals surface area contributed by atoms with E-state index in [1.54, 1.807) is 19.1 Å². The van der Waals surface area contributed by atoms with Gasteiger partial charge in [-0.25, -0.2) is 4.79 Å². The molecule has 0 aliphatic carbocycles. The molecule has 1 aromatic heterocycles. The molecule has 4 heteroatoms. The van der Waals surface area contributed by atoms with Crippen LogP contribution in [0.25, 0.3) is 11.0 Å². The predicted molar refractivity (Wildman–Crippen MR) is 81.8 cm³/mol. The average molecular weight is 288 g/mol. The normalized spacial score (nSPS) is 17.0. The van der Waals surface area contributed by atoms with Crippen molar-refractivity contribution in [2.24, 2.45) is 0 Å². The third-order valence-electron chi connectivity index (χ3n) is 4.47. The van der Waals surface area contributed by atoms with Crippen molar-refractivity contribution in [2.45, 2.75) is 39.2 Å². The minimum atomic E-state index is -0.333. The quantitative estimate of drug-likeness (QED) is 0.828. The van der Waals surface area contributed by atoms with Crippen LogP contribution in [0, 0.1) is 6.92 Å². The van der Waals surface area contributed by atoms with E-state index in [-0.39, 0.29) is 11.4 Å². The van der Waals surface area contributed by atoms with Gasteiger partial charge in [0.2, 0.25) is 0 Å². The van der Waals surface area contributed by atoms with E-state index in [1.807, 2.05) is 6.07 Å². The number of nitrogens with one attached hydrogen (secondary N) is 1. The Kier molecular flexibility index (Phi) is 3.97. The number of fused-ring (bicyclic) bond motifs is 1. The van der Waals surface area contributed by atoms with Gasteiger partial charge in [0.15, 0.2) is 0 Å². The van der Waals surface area contributed by atoms with Gasteiger partial charge >= 0.3 is 5.63 Å². The Balaban J connectivity index is 2.01. The fraction of sp³-hybridized carbons (Fsp3) is 0.471. The Bertz CT molecular complexity index is 697. The van der Waals surface area contributed by atoms with E-state index < -0.39 is 0 Å². The van der Waals surface area contributed by atoms with E-state index in [2.05, 4.69) is 0 Å². The summed E-state index contributed by atoms with van der Waals surface area (Å²) in [6.07, 6.45) is 5.14. The predicted octanol–water partition coefficient (Wildman–Crippen LogP) is 1.77. The first-order valence-corrected chi connectivity index (χ1v) is 7.74. The number of aryl methyl sites for hydroxylation is 1. The van der Waals surface area contributed by atoms with Crippen LogP contribution in [-0.2, 0) is 6.54 Å². The van der Waals surface area contributed by atoms with E-state index in [1.165, 1.54) is 43.7 Å². The molecule has 0 atom stereocenters. The van der Waals surface area contributed by atoms with Crippen LogP contribution in [0.3, 0.4) is 0 Å². The van der Waals surface area contributed by atoms with Crippen molar-refractivity contribution in [2.75, 3.05) is 13.1 Å². The Morgan fingerprint density at radius 2 is 1.90 bits per heavy atom. The van der Waals surface area contributed by atoms with Gasteiger partial charge in [-0.2, -0.15) is 0 Å². The highest BCUT2D eigenvalue weighted by Gasteiger charge is 2.17. The Hall–Kier alpha value is -1.81. The highest BCUT2D eigenvalue weighted by atomic mass is 16.4. The van der Waals surface area contributed by atoms with Crippen LogP contribution >= 0.6 is 0 Å². The molecule has 1 aliphatic heterocycles. The van der Waals surface area contributed by atoms with Crippen molar-refractivity contribution in [3.05, 3.63) is 39.7 Å². The number of quaternary nitrogens is 1. The van der Waals surface area contributed by atoms with Crippen LogP contribution in [0.2, 0.25) is 0 Å². The topological polar surface area (TPSA) is 54.9 Å². The van der Waals surface area contributed by atoms with E-state index >= 15 is 0 Å². The molecule has 0 amide bonds. The maximum Gasteiger partial charge on any atom is 0.336 e. The fourth-order valence-corrected chi connectivity index (χ4v) is 3.24. The molecule has 0 radical (unpaired) electrons. The number of phenols is 1. The second kappa shape index (κ2) is 5.90. The summed E-state index contributed by atoms with van der Waals surface area (Å²) < 4.78 is 5.30. The van der Waals surface area contributed by atoms with E-state index in [0.29, 0.717) is 11.1 Å². The molecular weight excluding hydrogens is 266 g/mol. The second-order valence-electron chi connectivity index (χ2n) is 6.02. The van der Waals surface area contributed by atoms with E-state index in [4.69, 9.17) is 4.42 Å². The lowest BCUT2D eigenvalue weighted by atomic mass is 10.1. The Morgan fingerprint density at radius 1 is 1.19 bits per heavy atom. The summed E-state index contributed by atoms with van der Waals surface area (Å²) in [5.74, 6) is 0.171. The van der Waals surface area contributed by atoms with Crippen molar-refractivity contribution in [3.63, 3.8) is 0 Å². The SMILES string of the molecule is Cc1c(O)ccc2c(C[NH+]3CCCCCC3)cc(=O)oc12. The molecule has 1 fully saturated rings. The van der Waals surface area contributed by atoms with Crippen molar-refractivity contribution >= 4 is 11.0 Å². The van der Waals surface area contributed by atoms with Crippen LogP contribution in [0.4, 0.5) is 0 Å². The van der Waals surface area contributed by atoms with Gasteiger partial charge in [-0.05, 0) is 44.7 Å². The van der Waals surface area contributed by atoms with Gasteiger partial charge in [0, 0.05) is 22.6 Å². The molecule has 2 heterocycles. The summed E-state index contributed by atoms with van der Waals surface area (Å²) in [5, 5.41) is 10.7. The van der Waals surface area contributed by atoms with Crippen LogP contribution in [0.15, 0.2) is 27.4 Å². The molecular formula is C17H22NO3+. The van der Waals surface area contributed by atoms with Gasteiger partial charge in [-0.15, -0.1) is 0 Å². The zero-order valence-corrected chi connectivity index (χ0v) is 12.4. The second-order valence-corrected chi connectivity index (χ2v) is 6.02. The van der Waals surface area contributed by atoms with Crippen LogP contribution in [-0.4, -0.2) is 18.2 Å². The first-order valence-electron chi connectivity index (χ1n) is 7.74. The number of likely N-dealkylation sites (tertiary alicyclic amines) is 1. The molecule has 112 valence electrons. The minimum absolute atomic E-state index is 0.171. The lowest BCUT2D eigenvalue weighted by Crippen LogP contribution is -3.10. The summed E-state index contributed by atoms with van der Waals surface area (Å²) in [4.78, 5) is 13.4. The zero-order valence-electron chi connectivity index (χ0n) is 12.4. The Morgan fingerprint density at radius 3 is 2.62 bits per heavy atom. The molecule has 0 saturated carbocycles. The Labute approximate surface area is 124 Å². The number of benzene rings is 1. The molecule has 21 heavy (non-hydrogen) atoms. The van der Waals surface area contributed by atoms with Gasteiger partial charge in [0.05, 0.1) is 13.1 Å². The van der Waals surface area contributed by atoms with Crippen LogP contribution in [0.1, 0.15) is 36.8 Å². The smallest absolute Gasteiger partial charge is 0.336 e. The fourth-order valence-electron chi connectivity index (χ4n) is 3.24. The standard InChI is InChI=1S/C17H21NO3/c1-12-15(19)7-6-14-13(10-16(20)21-17(12)14)11-18-8-4-2-3-5-9-18/h6-7,10,19H,2-5,8-9,11H2,1H3/p+1. The van der Waals surface area contributed by atoms with Crippen molar-refractivity contribution < 1.29 is 14.4 Å². The van der Waals surface area contributed by atoms with Crippen molar-refractivity contribution in [1.82, 2.24) is 0 Å². The molecule has 0 spiro atoms. The molecule has 2 N–H and O–H groups in total. The number of hydrogen-bond donors (Lipinski definition) is 2. The minimum Gasteiger partial charge on any atom is -0.508 e. The molecule has 1 aromatic carbocycles. The monoisotopic (exact) mass is 288 g/mol. The molecule has 0 bridgehead atoms. The maximum absolute atomic E-state index is 11.8. The lowest BCUT2D eigenvalue weighted by molar-refractivity contribution is -0.913. The van der Waals surface area contributed by atoms with Crippen LogP contribution in [0.5, 0.6) is 5.75 Å². The number of hydrogen-bond acceptors (Lipinski definition) is 3. The number of aromatic hydroxyl groups is 1. The van der Waals surface area contributed by atoms with Gasteiger partial charge < -0.3 is 14.4 Å². The lowest BCUT2D eigenvalue weighted by Gasteiger charge is -2.18. The molecule has 2 aromatic rings. The third kappa shape index (κ3) is 2.95. The van der Waals surface area contributed by atoms with Crippen molar-refractivity contribution in [1.29, 1.82) is 0 Å². The largest absolute Gasteiger partial charge is 0.508 e. The molecule has 0 unspecified atom stereocenters. The van der Waals surface area contributed by atoms with Gasteiger partial charge in [0.1, 0.15) is 17.9 Å². The maximum atomic E-state index is 11.8. The van der Waals surface area contributed by atoms with Crippen molar-refractivity contribution in [3.8, 4) is 5.75 Å². The third-order valence-corrected chi connectivity index (χ3v) is 4.47. The van der Waals surface area contributed by atoms with Crippen LogP contribution < -0.4 is 10.5 Å². The molecule has 1 saturated heterocycles. The van der Waals surface area contributed by atoms with Gasteiger partial charge in [0.25, 0.3) is 0 Å². The highest BCUT2D eigenvalue weighted by molar-refractivity contribution is 5.84. The molecule has 4 nitrogen and oxygen atoms in total. The van der Waals surface area contributed by atoms with Gasteiger partial charge in [-0.1, -0.05) is 0 Å². The summed E-state index contributed by atoms with van der Waals surface area (Å²) in [6.45, 7) is 4.97. The summed E-state index contributed by atoms with van der Waals surface area (Å²) in [7, 11) is 0. The highest BCUT2D eigenvalue weighted by Crippen LogP contribution is 2.27. The first kappa shape index (κ1) is 14.1. The van der Waals surface area contributed by atoms with E-state index in [0.717, 1.165) is 17.5 Å². The summed E-state index contributed by atoms with van der Waals surface area (Å²) in [6, 6.07) is 5.14. The molecule has 1 aliphatic rings. The average Bonchev–Trinajstić information content (AvgIpc) is 2.72. The number of phenolic OH excluding ortho intramolecular Hbond substituents is 1. The zero-order chi connectivity index (χ0) is 14.8. The van der Waals surface area contributed by atoms with Gasteiger partial charge in [-0.3, -0.25) is 0 Å². The summed E-state index contributed by atoms with van der Waals surface area (Å²) in [5.41, 5.74) is 1.85. The van der Waals surface area contributed by atoms with E-state index in [9.17, 15) is 9.90 Å². The number of rotatable bonds is 2. The summed E-state index contributed by atoms with van der Waals surface area (Å²) >= 11 is 0. The molecule has 3 rings (SSSR count). The first-order chi connectivity index (χ1) is 10.1.